The Morgan fingerprint density at radius 1 is 0.889 bits per heavy atom. The number of aliphatic imine (C=N–C) groups is 1. The maximum Gasteiger partial charge on any atom is 0.146 e. The van der Waals surface area contributed by atoms with Gasteiger partial charge >= 0.3 is 0 Å². The standard InChI is InChI=1S/C22H31N3O.ClH/c1-26-22-16-20-19-14-13-18(24-19)12-10-8-6-4-2-3-5-7-9-11-15-23-17-21(22)25-20;/h7,9,13-14,16-17,24-25H,2-6,8,10-12,15H2,1H3;1H/b9-7+,23-17?;. The minimum absolute atomic E-state index is 0. The number of H-pyrrole nitrogens is 2. The van der Waals surface area contributed by atoms with Gasteiger partial charge < -0.3 is 14.7 Å². The highest BCUT2D eigenvalue weighted by atomic mass is 35.5. The van der Waals surface area contributed by atoms with Crippen molar-refractivity contribution in [1.82, 2.24) is 9.97 Å². The second-order valence-electron chi connectivity index (χ2n) is 7.02. The third-order valence-electron chi connectivity index (χ3n) is 4.95. The number of methoxy groups -OCH3 is 1. The van der Waals surface area contributed by atoms with Crippen LogP contribution in [0, 0.1) is 0 Å². The molecule has 0 saturated carbocycles. The van der Waals surface area contributed by atoms with Crippen LogP contribution < -0.4 is 4.74 Å². The van der Waals surface area contributed by atoms with Crippen LogP contribution in [0.2, 0.25) is 0 Å². The van der Waals surface area contributed by atoms with Gasteiger partial charge in [0.15, 0.2) is 0 Å². The molecule has 0 fully saturated rings. The van der Waals surface area contributed by atoms with E-state index in [0.29, 0.717) is 0 Å². The molecule has 3 heterocycles. The van der Waals surface area contributed by atoms with Crippen molar-refractivity contribution in [2.75, 3.05) is 13.7 Å². The minimum atomic E-state index is 0. The van der Waals surface area contributed by atoms with E-state index in [0.717, 1.165) is 42.2 Å². The molecule has 2 aromatic heterocycles. The molecule has 0 spiro atoms. The lowest BCUT2D eigenvalue weighted by Gasteiger charge is -2.01. The molecular formula is C22H32ClN3O. The van der Waals surface area contributed by atoms with E-state index in [1.165, 1.54) is 50.6 Å². The highest BCUT2D eigenvalue weighted by Gasteiger charge is 2.10. The van der Waals surface area contributed by atoms with Crippen molar-refractivity contribution in [2.24, 2.45) is 4.99 Å². The predicted molar refractivity (Wildman–Crippen MR) is 117 cm³/mol. The summed E-state index contributed by atoms with van der Waals surface area (Å²) >= 11 is 0. The first kappa shape index (κ1) is 21.4. The predicted octanol–water partition coefficient (Wildman–Crippen LogP) is 6.09. The summed E-state index contributed by atoms with van der Waals surface area (Å²) in [5.41, 5.74) is 4.39. The van der Waals surface area contributed by atoms with Crippen molar-refractivity contribution in [3.8, 4) is 17.1 Å². The van der Waals surface area contributed by atoms with Gasteiger partial charge in [0.2, 0.25) is 0 Å². The molecule has 4 nitrogen and oxygen atoms in total. The Balaban J connectivity index is 0.00000261. The average Bonchev–Trinajstić information content (AvgIpc) is 3.28. The van der Waals surface area contributed by atoms with Crippen LogP contribution in [-0.4, -0.2) is 29.8 Å². The Kier molecular flexibility index (Phi) is 9.26. The van der Waals surface area contributed by atoms with E-state index in [2.05, 4.69) is 39.2 Å². The fraction of sp³-hybridized carbons (Fsp3) is 0.500. The fourth-order valence-electron chi connectivity index (χ4n) is 3.43. The number of nitrogens with zero attached hydrogens (tertiary/aromatic N) is 1. The fourth-order valence-corrected chi connectivity index (χ4v) is 3.43. The highest BCUT2D eigenvalue weighted by Crippen LogP contribution is 2.26. The lowest BCUT2D eigenvalue weighted by atomic mass is 10.1. The number of fused-ring (bicyclic) bond motifs is 5. The molecule has 0 saturated heterocycles. The van der Waals surface area contributed by atoms with E-state index in [1.807, 2.05) is 12.3 Å². The molecule has 1 aliphatic heterocycles. The molecule has 3 rings (SSSR count). The minimum Gasteiger partial charge on any atom is -0.494 e. The third-order valence-corrected chi connectivity index (χ3v) is 4.95. The van der Waals surface area contributed by atoms with Crippen LogP contribution >= 0.6 is 12.4 Å². The monoisotopic (exact) mass is 389 g/mol. The number of aryl methyl sites for hydroxylation is 1. The van der Waals surface area contributed by atoms with Crippen molar-refractivity contribution in [3.63, 3.8) is 0 Å². The number of rotatable bonds is 1. The second kappa shape index (κ2) is 11.7. The first-order valence-electron chi connectivity index (χ1n) is 9.97. The molecule has 27 heavy (non-hydrogen) atoms. The van der Waals surface area contributed by atoms with E-state index in [4.69, 9.17) is 4.74 Å². The van der Waals surface area contributed by atoms with Crippen molar-refractivity contribution < 1.29 is 4.74 Å². The summed E-state index contributed by atoms with van der Waals surface area (Å²) < 4.78 is 5.50. The largest absolute Gasteiger partial charge is 0.494 e. The summed E-state index contributed by atoms with van der Waals surface area (Å²) in [7, 11) is 1.70. The number of halogens is 1. The summed E-state index contributed by atoms with van der Waals surface area (Å²) in [6, 6.07) is 6.39. The SMILES string of the molecule is COc1cc2[nH]c1C=NCC/C=C/CCCCCCCCc1ccc-2[nH]1.Cl. The molecular weight excluding hydrogens is 358 g/mol. The van der Waals surface area contributed by atoms with Gasteiger partial charge in [-0.15, -0.1) is 12.4 Å². The normalized spacial score (nSPS) is 17.7. The van der Waals surface area contributed by atoms with E-state index in [-0.39, 0.29) is 12.4 Å². The Morgan fingerprint density at radius 3 is 2.52 bits per heavy atom. The van der Waals surface area contributed by atoms with Crippen molar-refractivity contribution in [1.29, 1.82) is 0 Å². The van der Waals surface area contributed by atoms with Gasteiger partial charge in [0.05, 0.1) is 24.2 Å². The number of hydrogen-bond donors (Lipinski definition) is 2. The van der Waals surface area contributed by atoms with E-state index in [9.17, 15) is 0 Å². The summed E-state index contributed by atoms with van der Waals surface area (Å²) in [4.78, 5) is 11.5. The number of aromatic amines is 2. The zero-order valence-corrected chi connectivity index (χ0v) is 17.1. The molecule has 148 valence electrons. The molecule has 0 aliphatic carbocycles. The highest BCUT2D eigenvalue weighted by molar-refractivity contribution is 5.85. The Morgan fingerprint density at radius 2 is 1.67 bits per heavy atom. The molecule has 5 heteroatoms. The number of nitrogens with one attached hydrogen (secondary N) is 2. The van der Waals surface area contributed by atoms with Crippen molar-refractivity contribution in [3.05, 3.63) is 41.7 Å². The van der Waals surface area contributed by atoms with E-state index in [1.54, 1.807) is 7.11 Å². The number of allylic oxidation sites excluding steroid dienone is 1. The summed E-state index contributed by atoms with van der Waals surface area (Å²) in [5.74, 6) is 0.835. The van der Waals surface area contributed by atoms with Gasteiger partial charge in [-0.05, 0) is 44.2 Å². The topological polar surface area (TPSA) is 53.2 Å². The third kappa shape index (κ3) is 6.62. The molecule has 4 bridgehead atoms. The quantitative estimate of drug-likeness (QED) is 0.569. The van der Waals surface area contributed by atoms with Crippen molar-refractivity contribution in [2.45, 2.75) is 57.8 Å². The van der Waals surface area contributed by atoms with E-state index < -0.39 is 0 Å². The van der Waals surface area contributed by atoms with Crippen LogP contribution in [0.1, 0.15) is 62.8 Å². The van der Waals surface area contributed by atoms with Crippen LogP contribution in [-0.2, 0) is 6.42 Å². The van der Waals surface area contributed by atoms with Crippen LogP contribution in [0.25, 0.3) is 11.4 Å². The molecule has 0 amide bonds. The zero-order valence-electron chi connectivity index (χ0n) is 16.3. The summed E-state index contributed by atoms with van der Waals surface area (Å²) in [6.07, 6.45) is 17.7. The van der Waals surface area contributed by atoms with Gasteiger partial charge in [-0.2, -0.15) is 0 Å². The number of aromatic nitrogens is 2. The first-order chi connectivity index (χ1) is 12.9. The smallest absolute Gasteiger partial charge is 0.146 e. The Bertz CT molecular complexity index is 730. The maximum atomic E-state index is 5.50. The van der Waals surface area contributed by atoms with Gasteiger partial charge in [-0.3, -0.25) is 4.99 Å². The molecule has 2 aromatic rings. The Hall–Kier alpha value is -1.94. The van der Waals surface area contributed by atoms with Gasteiger partial charge in [0.25, 0.3) is 0 Å². The molecule has 0 atom stereocenters. The molecule has 0 unspecified atom stereocenters. The van der Waals surface area contributed by atoms with Crippen LogP contribution in [0.5, 0.6) is 5.75 Å². The number of ether oxygens (including phenoxy) is 1. The average molecular weight is 390 g/mol. The molecule has 0 radical (unpaired) electrons. The molecule has 0 aromatic carbocycles. The van der Waals surface area contributed by atoms with Crippen LogP contribution in [0.15, 0.2) is 35.3 Å². The van der Waals surface area contributed by atoms with Gasteiger partial charge in [-0.25, -0.2) is 0 Å². The molecule has 1 aliphatic rings. The first-order valence-corrected chi connectivity index (χ1v) is 9.97. The summed E-state index contributed by atoms with van der Waals surface area (Å²) in [6.45, 7) is 0.806. The van der Waals surface area contributed by atoms with Gasteiger partial charge in [0.1, 0.15) is 5.75 Å². The second-order valence-corrected chi connectivity index (χ2v) is 7.02. The zero-order chi connectivity index (χ0) is 18.0. The lowest BCUT2D eigenvalue weighted by Crippen LogP contribution is -1.90. The summed E-state index contributed by atoms with van der Waals surface area (Å²) in [5, 5.41) is 0. The Labute approximate surface area is 168 Å². The van der Waals surface area contributed by atoms with Crippen LogP contribution in [0.4, 0.5) is 0 Å². The van der Waals surface area contributed by atoms with Crippen LogP contribution in [0.3, 0.4) is 0 Å². The van der Waals surface area contributed by atoms with Gasteiger partial charge in [0, 0.05) is 24.5 Å². The lowest BCUT2D eigenvalue weighted by molar-refractivity contribution is 0.415. The molecule has 2 N–H and O–H groups in total. The van der Waals surface area contributed by atoms with Gasteiger partial charge in [-0.1, -0.05) is 37.8 Å². The maximum absolute atomic E-state index is 5.50. The number of hydrogen-bond acceptors (Lipinski definition) is 2. The van der Waals surface area contributed by atoms with E-state index >= 15 is 0 Å². The van der Waals surface area contributed by atoms with Crippen molar-refractivity contribution >= 4 is 18.6 Å².